The summed E-state index contributed by atoms with van der Waals surface area (Å²) in [6.07, 6.45) is 8.76. The molecule has 142 valence electrons. The fourth-order valence-electron chi connectivity index (χ4n) is 5.16. The van der Waals surface area contributed by atoms with Crippen molar-refractivity contribution in [3.63, 3.8) is 0 Å². The Balaban J connectivity index is 1.49. The van der Waals surface area contributed by atoms with E-state index in [9.17, 15) is 9.59 Å². The smallest absolute Gasteiger partial charge is 0.409 e. The minimum atomic E-state index is -0.219. The number of piperazine rings is 1. The second-order valence-corrected chi connectivity index (χ2v) is 8.29. The van der Waals surface area contributed by atoms with Crippen LogP contribution in [0.1, 0.15) is 51.9 Å². The number of rotatable bonds is 4. The van der Waals surface area contributed by atoms with Crippen molar-refractivity contribution in [2.75, 3.05) is 39.3 Å². The Morgan fingerprint density at radius 2 is 1.68 bits per heavy atom. The molecular formula is C19H33N3O3. The van der Waals surface area contributed by atoms with Gasteiger partial charge in [0.25, 0.3) is 0 Å². The molecule has 2 bridgehead atoms. The van der Waals surface area contributed by atoms with Crippen molar-refractivity contribution in [2.45, 2.75) is 51.9 Å². The zero-order valence-electron chi connectivity index (χ0n) is 15.5. The van der Waals surface area contributed by atoms with Crippen molar-refractivity contribution >= 4 is 12.0 Å². The largest absolute Gasteiger partial charge is 0.449 e. The topological polar surface area (TPSA) is 75.9 Å². The first kappa shape index (κ1) is 18.5. The van der Waals surface area contributed by atoms with Crippen LogP contribution in [0.4, 0.5) is 4.79 Å². The highest BCUT2D eigenvalue weighted by molar-refractivity contribution is 5.78. The van der Waals surface area contributed by atoms with Crippen LogP contribution in [0.2, 0.25) is 0 Å². The maximum atomic E-state index is 12.5. The van der Waals surface area contributed by atoms with Crippen molar-refractivity contribution in [3.05, 3.63) is 0 Å². The molecular weight excluding hydrogens is 318 g/mol. The van der Waals surface area contributed by atoms with Gasteiger partial charge in [0.1, 0.15) is 0 Å². The van der Waals surface area contributed by atoms with Crippen LogP contribution in [0.25, 0.3) is 0 Å². The third-order valence-electron chi connectivity index (χ3n) is 6.65. The first-order valence-corrected chi connectivity index (χ1v) is 9.95. The lowest BCUT2D eigenvalue weighted by atomic mass is 9.60. The monoisotopic (exact) mass is 351 g/mol. The maximum absolute atomic E-state index is 12.5. The molecule has 2 unspecified atom stereocenters. The van der Waals surface area contributed by atoms with Crippen LogP contribution >= 0.6 is 0 Å². The van der Waals surface area contributed by atoms with Crippen LogP contribution in [0, 0.1) is 17.3 Å². The molecule has 1 aliphatic heterocycles. The summed E-state index contributed by atoms with van der Waals surface area (Å²) in [7, 11) is 0. The van der Waals surface area contributed by atoms with Gasteiger partial charge < -0.3 is 20.3 Å². The van der Waals surface area contributed by atoms with Crippen LogP contribution in [-0.4, -0.2) is 61.1 Å². The Hall–Kier alpha value is -1.30. The molecule has 2 amide bonds. The normalized spacial score (nSPS) is 32.4. The zero-order valence-corrected chi connectivity index (χ0v) is 15.5. The number of carbonyl (C=O) groups is 2. The van der Waals surface area contributed by atoms with E-state index in [1.807, 2.05) is 0 Å². The summed E-state index contributed by atoms with van der Waals surface area (Å²) in [5, 5.41) is 0. The van der Waals surface area contributed by atoms with E-state index in [4.69, 9.17) is 10.5 Å². The summed E-state index contributed by atoms with van der Waals surface area (Å²) in [6.45, 7) is 5.00. The van der Waals surface area contributed by atoms with E-state index in [1.54, 1.807) is 9.80 Å². The molecule has 25 heavy (non-hydrogen) atoms. The van der Waals surface area contributed by atoms with Crippen LogP contribution in [-0.2, 0) is 9.53 Å². The molecule has 1 heterocycles. The number of ether oxygens (including phenoxy) is 1. The predicted octanol–water partition coefficient (Wildman–Crippen LogP) is 2.22. The Labute approximate surface area is 151 Å². The molecule has 2 saturated carbocycles. The van der Waals surface area contributed by atoms with Gasteiger partial charge in [-0.05, 0) is 37.5 Å². The predicted molar refractivity (Wildman–Crippen MR) is 96.0 cm³/mol. The first-order chi connectivity index (χ1) is 12.0. The van der Waals surface area contributed by atoms with Gasteiger partial charge >= 0.3 is 6.09 Å². The van der Waals surface area contributed by atoms with Gasteiger partial charge in [-0.2, -0.15) is 0 Å². The van der Waals surface area contributed by atoms with Crippen molar-refractivity contribution in [1.29, 1.82) is 0 Å². The molecule has 6 heteroatoms. The number of nitrogens with two attached hydrogens (primary N) is 1. The SMILES string of the molecule is CCC1(COC(=O)N2CCN(C(=O)CN)CC2)CC2CCCC(C2)C1. The number of carbonyl (C=O) groups excluding carboxylic acids is 2. The molecule has 0 aromatic heterocycles. The molecule has 2 aliphatic carbocycles. The number of hydrogen-bond acceptors (Lipinski definition) is 4. The van der Waals surface area contributed by atoms with Crippen LogP contribution in [0.3, 0.4) is 0 Å². The number of hydrogen-bond donors (Lipinski definition) is 1. The Morgan fingerprint density at radius 1 is 1.08 bits per heavy atom. The third kappa shape index (κ3) is 4.27. The third-order valence-corrected chi connectivity index (χ3v) is 6.65. The minimum Gasteiger partial charge on any atom is -0.449 e. The first-order valence-electron chi connectivity index (χ1n) is 9.95. The molecule has 1 saturated heterocycles. The summed E-state index contributed by atoms with van der Waals surface area (Å²) < 4.78 is 5.76. The lowest BCUT2D eigenvalue weighted by Gasteiger charge is -2.47. The van der Waals surface area contributed by atoms with E-state index >= 15 is 0 Å². The van der Waals surface area contributed by atoms with Crippen molar-refractivity contribution in [2.24, 2.45) is 23.0 Å². The highest BCUT2D eigenvalue weighted by atomic mass is 16.6. The molecule has 6 nitrogen and oxygen atoms in total. The molecule has 0 spiro atoms. The van der Waals surface area contributed by atoms with E-state index in [2.05, 4.69) is 6.92 Å². The molecule has 0 radical (unpaired) electrons. The summed E-state index contributed by atoms with van der Waals surface area (Å²) in [5.74, 6) is 1.61. The molecule has 0 aromatic carbocycles. The van der Waals surface area contributed by atoms with Gasteiger partial charge in [-0.1, -0.05) is 26.2 Å². The van der Waals surface area contributed by atoms with Gasteiger partial charge in [0.2, 0.25) is 5.91 Å². The van der Waals surface area contributed by atoms with E-state index in [0.29, 0.717) is 32.8 Å². The second kappa shape index (κ2) is 7.94. The van der Waals surface area contributed by atoms with Crippen LogP contribution in [0.5, 0.6) is 0 Å². The quantitative estimate of drug-likeness (QED) is 0.843. The minimum absolute atomic E-state index is 0.0335. The number of fused-ring (bicyclic) bond motifs is 2. The fourth-order valence-corrected chi connectivity index (χ4v) is 5.16. The summed E-state index contributed by atoms with van der Waals surface area (Å²) in [5.41, 5.74) is 5.58. The number of amides is 2. The maximum Gasteiger partial charge on any atom is 0.409 e. The Kier molecular flexibility index (Phi) is 5.87. The molecule has 3 fully saturated rings. The van der Waals surface area contributed by atoms with E-state index in [0.717, 1.165) is 18.3 Å². The van der Waals surface area contributed by atoms with Crippen LogP contribution < -0.4 is 5.73 Å². The standard InChI is InChI=1S/C19H33N3O3/c1-2-19(11-15-4-3-5-16(10-15)12-19)14-25-18(24)22-8-6-21(7-9-22)17(23)13-20/h15-16H,2-14,20H2,1H3. The highest BCUT2D eigenvalue weighted by Gasteiger charge is 2.42. The van der Waals surface area contributed by atoms with Gasteiger partial charge in [-0.25, -0.2) is 4.79 Å². The molecule has 2 atom stereocenters. The van der Waals surface area contributed by atoms with Crippen molar-refractivity contribution in [3.8, 4) is 0 Å². The van der Waals surface area contributed by atoms with Gasteiger partial charge in [0, 0.05) is 31.6 Å². The van der Waals surface area contributed by atoms with E-state index in [1.165, 1.54) is 38.5 Å². The Bertz CT molecular complexity index is 476. The van der Waals surface area contributed by atoms with Gasteiger partial charge in [0.05, 0.1) is 13.2 Å². The Morgan fingerprint density at radius 3 is 2.24 bits per heavy atom. The van der Waals surface area contributed by atoms with E-state index < -0.39 is 0 Å². The van der Waals surface area contributed by atoms with E-state index in [-0.39, 0.29) is 24.0 Å². The summed E-state index contributed by atoms with van der Waals surface area (Å²) in [4.78, 5) is 27.5. The van der Waals surface area contributed by atoms with Crippen LogP contribution in [0.15, 0.2) is 0 Å². The lowest BCUT2D eigenvalue weighted by molar-refractivity contribution is -0.131. The average molecular weight is 351 g/mol. The van der Waals surface area contributed by atoms with Crippen molar-refractivity contribution < 1.29 is 14.3 Å². The highest BCUT2D eigenvalue weighted by Crippen LogP contribution is 2.50. The average Bonchev–Trinajstić information content (AvgIpc) is 2.65. The fraction of sp³-hybridized carbons (Fsp3) is 0.895. The summed E-state index contributed by atoms with van der Waals surface area (Å²) >= 11 is 0. The van der Waals surface area contributed by atoms with Crippen molar-refractivity contribution in [1.82, 2.24) is 9.80 Å². The number of nitrogens with zero attached hydrogens (tertiary/aromatic N) is 2. The molecule has 3 aliphatic rings. The molecule has 3 rings (SSSR count). The van der Waals surface area contributed by atoms with Gasteiger partial charge in [-0.15, -0.1) is 0 Å². The lowest BCUT2D eigenvalue weighted by Crippen LogP contribution is -2.52. The molecule has 0 aromatic rings. The zero-order chi connectivity index (χ0) is 17.9. The van der Waals surface area contributed by atoms with Gasteiger partial charge in [0.15, 0.2) is 0 Å². The molecule has 2 N–H and O–H groups in total. The van der Waals surface area contributed by atoms with Gasteiger partial charge in [-0.3, -0.25) is 4.79 Å². The summed E-state index contributed by atoms with van der Waals surface area (Å²) in [6, 6.07) is 0. The second-order valence-electron chi connectivity index (χ2n) is 8.29.